The Bertz CT molecular complexity index is 438. The molecule has 0 aromatic carbocycles. The van der Waals surface area contributed by atoms with Crippen molar-refractivity contribution in [1.29, 1.82) is 0 Å². The van der Waals surface area contributed by atoms with Crippen LogP contribution in [0.1, 0.15) is 18.5 Å². The van der Waals surface area contributed by atoms with Gasteiger partial charge in [0.1, 0.15) is 0 Å². The van der Waals surface area contributed by atoms with Gasteiger partial charge in [0.05, 0.1) is 18.3 Å². The topological polar surface area (TPSA) is 106 Å². The predicted molar refractivity (Wildman–Crippen MR) is 52.2 cm³/mol. The maximum Gasteiger partial charge on any atom is 0.230 e. The molecule has 0 spiro atoms. The molecule has 1 aromatic rings. The van der Waals surface area contributed by atoms with Crippen molar-refractivity contribution in [2.75, 3.05) is 0 Å². The number of carbonyl (C=O) groups excluding carboxylic acids is 3. The van der Waals surface area contributed by atoms with Gasteiger partial charge in [-0.1, -0.05) is 0 Å². The number of H-pyrrole nitrogens is 1. The van der Waals surface area contributed by atoms with Gasteiger partial charge >= 0.3 is 0 Å². The third-order valence-electron chi connectivity index (χ3n) is 2.64. The van der Waals surface area contributed by atoms with Gasteiger partial charge in [0, 0.05) is 31.2 Å². The highest BCUT2D eigenvalue weighted by Crippen LogP contribution is 2.17. The van der Waals surface area contributed by atoms with Gasteiger partial charge in [-0.05, 0) is 0 Å². The second-order valence-electron chi connectivity index (χ2n) is 3.77. The van der Waals surface area contributed by atoms with Gasteiger partial charge in [0.25, 0.3) is 0 Å². The van der Waals surface area contributed by atoms with Gasteiger partial charge < -0.3 is 14.9 Å². The first-order valence-corrected chi connectivity index (χ1v) is 5.12. The van der Waals surface area contributed by atoms with Crippen LogP contribution >= 0.6 is 0 Å². The van der Waals surface area contributed by atoms with Crippen LogP contribution in [0.2, 0.25) is 0 Å². The Hall–Kier alpha value is -2.18. The smallest absolute Gasteiger partial charge is 0.230 e. The molecule has 0 bridgehead atoms. The van der Waals surface area contributed by atoms with Crippen LogP contribution in [0.5, 0.6) is 0 Å². The monoisotopic (exact) mass is 236 g/mol. The van der Waals surface area contributed by atoms with Gasteiger partial charge in [-0.15, -0.1) is 0 Å². The number of rotatable bonds is 4. The first kappa shape index (κ1) is 11.3. The lowest BCUT2D eigenvalue weighted by molar-refractivity contribution is -0.310. The first-order chi connectivity index (χ1) is 8.09. The van der Waals surface area contributed by atoms with E-state index in [0.29, 0.717) is 5.69 Å². The normalized spacial score (nSPS) is 17.5. The van der Waals surface area contributed by atoms with Crippen LogP contribution < -0.4 is 5.11 Å². The minimum Gasteiger partial charge on any atom is -0.548 e. The maximum atomic E-state index is 11.4. The number of carbonyl (C=O) groups is 3. The average molecular weight is 236 g/mol. The SMILES string of the molecule is O=C([O-])[C@@H](Cc1cnc[nH]1)N1C(=O)CCC1=O. The molecule has 17 heavy (non-hydrogen) atoms. The van der Waals surface area contributed by atoms with E-state index in [1.165, 1.54) is 12.5 Å². The number of hydrogen-bond donors (Lipinski definition) is 1. The van der Waals surface area contributed by atoms with E-state index < -0.39 is 23.8 Å². The van der Waals surface area contributed by atoms with Gasteiger partial charge in [-0.2, -0.15) is 0 Å². The molecule has 90 valence electrons. The highest BCUT2D eigenvalue weighted by Gasteiger charge is 2.35. The minimum absolute atomic E-state index is 0.0141. The number of amides is 2. The number of nitrogens with one attached hydrogen (secondary N) is 1. The lowest BCUT2D eigenvalue weighted by Gasteiger charge is -2.26. The number of likely N-dealkylation sites (tertiary alicyclic amines) is 1. The van der Waals surface area contributed by atoms with Crippen LogP contribution in [0.25, 0.3) is 0 Å². The molecule has 1 saturated heterocycles. The summed E-state index contributed by atoms with van der Waals surface area (Å²) < 4.78 is 0. The quantitative estimate of drug-likeness (QED) is 0.622. The van der Waals surface area contributed by atoms with E-state index in [-0.39, 0.29) is 19.3 Å². The summed E-state index contributed by atoms with van der Waals surface area (Å²) in [6.45, 7) is 0. The van der Waals surface area contributed by atoms with Crippen LogP contribution in [-0.4, -0.2) is 38.7 Å². The molecule has 1 aliphatic heterocycles. The highest BCUT2D eigenvalue weighted by atomic mass is 16.4. The van der Waals surface area contributed by atoms with E-state index in [1.54, 1.807) is 0 Å². The summed E-state index contributed by atoms with van der Waals surface area (Å²) in [7, 11) is 0. The molecule has 2 heterocycles. The molecular formula is C10H10N3O4-. The van der Waals surface area contributed by atoms with Gasteiger partial charge in [-0.25, -0.2) is 4.98 Å². The molecule has 1 N–H and O–H groups in total. The lowest BCUT2D eigenvalue weighted by Crippen LogP contribution is -2.51. The van der Waals surface area contributed by atoms with E-state index in [2.05, 4.69) is 9.97 Å². The molecule has 2 rings (SSSR count). The minimum atomic E-state index is -1.44. The first-order valence-electron chi connectivity index (χ1n) is 5.12. The van der Waals surface area contributed by atoms with Gasteiger partial charge in [0.2, 0.25) is 11.8 Å². The summed E-state index contributed by atoms with van der Waals surface area (Å²) in [4.78, 5) is 41.1. The van der Waals surface area contributed by atoms with Gasteiger partial charge in [-0.3, -0.25) is 14.5 Å². The Labute approximate surface area is 96.4 Å². The van der Waals surface area contributed by atoms with Crippen LogP contribution in [-0.2, 0) is 20.8 Å². The number of aromatic nitrogens is 2. The average Bonchev–Trinajstić information content (AvgIpc) is 2.87. The number of hydrogen-bond acceptors (Lipinski definition) is 5. The number of imidazole rings is 1. The molecule has 0 saturated carbocycles. The zero-order valence-corrected chi connectivity index (χ0v) is 8.88. The molecule has 0 aliphatic carbocycles. The van der Waals surface area contributed by atoms with Crippen LogP contribution in [0.3, 0.4) is 0 Å². The zero-order chi connectivity index (χ0) is 12.4. The lowest BCUT2D eigenvalue weighted by atomic mass is 10.1. The Morgan fingerprint density at radius 2 is 2.12 bits per heavy atom. The Balaban J connectivity index is 2.20. The van der Waals surface area contributed by atoms with E-state index in [1.807, 2.05) is 0 Å². The Kier molecular flexibility index (Phi) is 2.90. The summed E-state index contributed by atoms with van der Waals surface area (Å²) in [5.74, 6) is -2.38. The number of nitrogens with zero attached hydrogens (tertiary/aromatic N) is 2. The molecular weight excluding hydrogens is 226 g/mol. The summed E-state index contributed by atoms with van der Waals surface area (Å²) in [5, 5.41) is 11.0. The largest absolute Gasteiger partial charge is 0.548 e. The van der Waals surface area contributed by atoms with Crippen molar-refractivity contribution < 1.29 is 19.5 Å². The van der Waals surface area contributed by atoms with Gasteiger partial charge in [0.15, 0.2) is 0 Å². The second-order valence-corrected chi connectivity index (χ2v) is 3.77. The van der Waals surface area contributed by atoms with E-state index in [9.17, 15) is 19.5 Å². The van der Waals surface area contributed by atoms with Crippen molar-refractivity contribution in [3.63, 3.8) is 0 Å². The van der Waals surface area contributed by atoms with Crippen LogP contribution in [0, 0.1) is 0 Å². The fraction of sp³-hybridized carbons (Fsp3) is 0.400. The second kappa shape index (κ2) is 4.36. The van der Waals surface area contributed by atoms with Crippen LogP contribution in [0.4, 0.5) is 0 Å². The van der Waals surface area contributed by atoms with Crippen LogP contribution in [0.15, 0.2) is 12.5 Å². The molecule has 2 amide bonds. The molecule has 7 nitrogen and oxygen atoms in total. The molecule has 0 unspecified atom stereocenters. The standard InChI is InChI=1S/C10H11N3O4/c14-8-1-2-9(15)13(8)7(10(16)17)3-6-4-11-5-12-6/h4-5,7H,1-3H2,(H,11,12)(H,16,17)/p-1/t7-/m1/s1. The fourth-order valence-electron chi connectivity index (χ4n) is 1.83. The maximum absolute atomic E-state index is 11.4. The number of aliphatic carboxylic acids is 1. The van der Waals surface area contributed by atoms with Crippen molar-refractivity contribution in [2.24, 2.45) is 0 Å². The third kappa shape index (κ3) is 2.17. The number of carboxylic acid groups (broad SMARTS) is 1. The van der Waals surface area contributed by atoms with Crippen molar-refractivity contribution in [3.8, 4) is 0 Å². The Morgan fingerprint density at radius 3 is 2.59 bits per heavy atom. The summed E-state index contributed by atoms with van der Waals surface area (Å²) in [6.07, 6.45) is 2.95. The molecule has 1 fully saturated rings. The third-order valence-corrected chi connectivity index (χ3v) is 2.64. The Morgan fingerprint density at radius 1 is 1.47 bits per heavy atom. The van der Waals surface area contributed by atoms with E-state index >= 15 is 0 Å². The van der Waals surface area contributed by atoms with E-state index in [0.717, 1.165) is 4.90 Å². The molecule has 0 radical (unpaired) electrons. The van der Waals surface area contributed by atoms with Crippen molar-refractivity contribution in [1.82, 2.24) is 14.9 Å². The molecule has 1 atom stereocenters. The van der Waals surface area contributed by atoms with Crippen molar-refractivity contribution in [3.05, 3.63) is 18.2 Å². The summed E-state index contributed by atoms with van der Waals surface area (Å²) in [6, 6.07) is -1.27. The number of imide groups is 1. The summed E-state index contributed by atoms with van der Waals surface area (Å²) in [5.41, 5.74) is 0.534. The molecule has 7 heteroatoms. The van der Waals surface area contributed by atoms with E-state index in [4.69, 9.17) is 0 Å². The van der Waals surface area contributed by atoms with Crippen molar-refractivity contribution in [2.45, 2.75) is 25.3 Å². The fourth-order valence-corrected chi connectivity index (χ4v) is 1.83. The molecule has 1 aromatic heterocycles. The zero-order valence-electron chi connectivity index (χ0n) is 8.88. The number of aromatic amines is 1. The predicted octanol–water partition coefficient (Wildman–Crippen LogP) is -1.78. The highest BCUT2D eigenvalue weighted by molar-refractivity contribution is 6.04. The van der Waals surface area contributed by atoms with Crippen molar-refractivity contribution >= 4 is 17.8 Å². The number of carboxylic acids is 1. The molecule has 1 aliphatic rings. The summed E-state index contributed by atoms with van der Waals surface area (Å²) >= 11 is 0.